The van der Waals surface area contributed by atoms with Crippen LogP contribution in [0.3, 0.4) is 0 Å². The van der Waals surface area contributed by atoms with Gasteiger partial charge < -0.3 is 14.6 Å². The summed E-state index contributed by atoms with van der Waals surface area (Å²) in [6, 6.07) is 4.50. The average molecular weight is 244 g/mol. The highest BCUT2D eigenvalue weighted by Crippen LogP contribution is 2.32. The van der Waals surface area contributed by atoms with Crippen molar-refractivity contribution in [3.8, 4) is 5.75 Å². The van der Waals surface area contributed by atoms with E-state index in [1.165, 1.54) is 12.1 Å². The Labute approximate surface area is 96.9 Å². The summed E-state index contributed by atoms with van der Waals surface area (Å²) in [4.78, 5) is 10.5. The number of nitrogens with zero attached hydrogens (tertiary/aromatic N) is 1. The fraction of sp³-hybridized carbons (Fsp3) is 0.400. The van der Waals surface area contributed by atoms with Gasteiger partial charge in [0.1, 0.15) is 11.8 Å². The second-order valence-corrected chi connectivity index (χ2v) is 3.90. The Bertz CT molecular complexity index is 398. The third-order valence-electron chi connectivity index (χ3n) is 2.30. The number of benzene rings is 1. The van der Waals surface area contributed by atoms with Crippen LogP contribution in [-0.2, 0) is 4.74 Å². The smallest absolute Gasteiger partial charge is 0.150 e. The van der Waals surface area contributed by atoms with E-state index in [9.17, 15) is 10.0 Å². The van der Waals surface area contributed by atoms with E-state index in [1.807, 2.05) is 0 Å². The number of nitroso groups, excluding NO2 is 1. The highest BCUT2D eigenvalue weighted by atomic mass is 35.5. The zero-order valence-corrected chi connectivity index (χ0v) is 9.05. The third-order valence-corrected chi connectivity index (χ3v) is 2.53. The summed E-state index contributed by atoms with van der Waals surface area (Å²) in [5, 5.41) is 12.8. The van der Waals surface area contributed by atoms with E-state index in [1.54, 1.807) is 6.07 Å². The van der Waals surface area contributed by atoms with Crippen molar-refractivity contribution in [3.63, 3.8) is 0 Å². The van der Waals surface area contributed by atoms with Gasteiger partial charge in [0.25, 0.3) is 0 Å². The van der Waals surface area contributed by atoms with E-state index in [-0.39, 0.29) is 24.7 Å². The summed E-state index contributed by atoms with van der Waals surface area (Å²) in [7, 11) is 0. The number of aliphatic hydroxyl groups is 1. The predicted octanol–water partition coefficient (Wildman–Crippen LogP) is 1.88. The standard InChI is InChI=1S/C10H10ClNO4/c11-6-1-2-7(12-14)9(3-6)16-10-5-15-4-8(10)13/h1-3,8,10,13H,4-5H2/t8-,10-/m0/s1. The molecule has 2 rings (SSSR count). The first kappa shape index (κ1) is 11.3. The van der Waals surface area contributed by atoms with E-state index in [4.69, 9.17) is 21.1 Å². The van der Waals surface area contributed by atoms with Gasteiger partial charge in [0.2, 0.25) is 0 Å². The van der Waals surface area contributed by atoms with Crippen molar-refractivity contribution in [2.24, 2.45) is 5.18 Å². The molecule has 2 atom stereocenters. The summed E-state index contributed by atoms with van der Waals surface area (Å²) in [5.41, 5.74) is 0.156. The molecule has 1 aliphatic heterocycles. The van der Waals surface area contributed by atoms with Crippen LogP contribution in [0.4, 0.5) is 5.69 Å². The first-order chi connectivity index (χ1) is 7.70. The first-order valence-electron chi connectivity index (χ1n) is 4.76. The maximum atomic E-state index is 10.5. The Morgan fingerprint density at radius 2 is 2.31 bits per heavy atom. The minimum absolute atomic E-state index is 0.156. The molecule has 1 aromatic rings. The SMILES string of the molecule is O=Nc1ccc(Cl)cc1O[C@H]1COC[C@@H]1O. The Kier molecular flexibility index (Phi) is 3.38. The van der Waals surface area contributed by atoms with Crippen molar-refractivity contribution in [1.82, 2.24) is 0 Å². The lowest BCUT2D eigenvalue weighted by atomic mass is 10.2. The molecule has 1 saturated heterocycles. The molecule has 0 aromatic heterocycles. The lowest BCUT2D eigenvalue weighted by Crippen LogP contribution is -2.29. The molecule has 0 unspecified atom stereocenters. The Balaban J connectivity index is 2.19. The fourth-order valence-corrected chi connectivity index (χ4v) is 1.62. The van der Waals surface area contributed by atoms with Gasteiger partial charge in [-0.3, -0.25) is 0 Å². The van der Waals surface area contributed by atoms with Crippen LogP contribution in [-0.4, -0.2) is 30.5 Å². The molecule has 0 aliphatic carbocycles. The summed E-state index contributed by atoms with van der Waals surface area (Å²) in [6.07, 6.45) is -1.18. The van der Waals surface area contributed by atoms with Gasteiger partial charge in [0.15, 0.2) is 11.9 Å². The van der Waals surface area contributed by atoms with Gasteiger partial charge in [-0.05, 0) is 17.3 Å². The fourth-order valence-electron chi connectivity index (χ4n) is 1.46. The number of aliphatic hydroxyl groups excluding tert-OH is 1. The van der Waals surface area contributed by atoms with Crippen LogP contribution in [0.15, 0.2) is 23.4 Å². The normalized spacial score (nSPS) is 24.4. The molecule has 0 spiro atoms. The van der Waals surface area contributed by atoms with Crippen LogP contribution in [0.2, 0.25) is 5.02 Å². The van der Waals surface area contributed by atoms with E-state index >= 15 is 0 Å². The molecule has 16 heavy (non-hydrogen) atoms. The molecule has 86 valence electrons. The van der Waals surface area contributed by atoms with Crippen LogP contribution in [0, 0.1) is 4.91 Å². The summed E-state index contributed by atoms with van der Waals surface area (Å²) >= 11 is 5.78. The highest BCUT2D eigenvalue weighted by molar-refractivity contribution is 6.30. The van der Waals surface area contributed by atoms with Crippen molar-refractivity contribution in [2.75, 3.05) is 13.2 Å². The van der Waals surface area contributed by atoms with Gasteiger partial charge in [-0.1, -0.05) is 11.6 Å². The molecule has 0 bridgehead atoms. The van der Waals surface area contributed by atoms with Crippen LogP contribution in [0.5, 0.6) is 5.75 Å². The highest BCUT2D eigenvalue weighted by Gasteiger charge is 2.28. The quantitative estimate of drug-likeness (QED) is 0.823. The van der Waals surface area contributed by atoms with Crippen LogP contribution in [0.25, 0.3) is 0 Å². The lowest BCUT2D eigenvalue weighted by molar-refractivity contribution is 0.0737. The summed E-state index contributed by atoms with van der Waals surface area (Å²) in [5.74, 6) is 0.261. The molecular formula is C10H10ClNO4. The zero-order valence-electron chi connectivity index (χ0n) is 8.30. The maximum Gasteiger partial charge on any atom is 0.150 e. The third kappa shape index (κ3) is 2.32. The van der Waals surface area contributed by atoms with Crippen LogP contribution < -0.4 is 4.74 Å². The van der Waals surface area contributed by atoms with Crippen molar-refractivity contribution < 1.29 is 14.6 Å². The van der Waals surface area contributed by atoms with Gasteiger partial charge in [-0.2, -0.15) is 0 Å². The molecule has 1 aromatic carbocycles. The van der Waals surface area contributed by atoms with E-state index in [0.717, 1.165) is 0 Å². The molecule has 0 saturated carbocycles. The zero-order chi connectivity index (χ0) is 11.5. The molecule has 1 N–H and O–H groups in total. The molecule has 1 fully saturated rings. The van der Waals surface area contributed by atoms with Crippen molar-refractivity contribution >= 4 is 17.3 Å². The lowest BCUT2D eigenvalue weighted by Gasteiger charge is -2.16. The molecule has 1 aliphatic rings. The van der Waals surface area contributed by atoms with Crippen molar-refractivity contribution in [1.29, 1.82) is 0 Å². The Morgan fingerprint density at radius 3 is 2.94 bits per heavy atom. The largest absolute Gasteiger partial charge is 0.483 e. The average Bonchev–Trinajstić information content (AvgIpc) is 2.65. The second-order valence-electron chi connectivity index (χ2n) is 3.46. The number of hydrogen-bond acceptors (Lipinski definition) is 5. The number of rotatable bonds is 3. The Morgan fingerprint density at radius 1 is 1.50 bits per heavy atom. The maximum absolute atomic E-state index is 10.5. The minimum atomic E-state index is -0.696. The summed E-state index contributed by atoms with van der Waals surface area (Å²) in [6.45, 7) is 0.515. The number of hydrogen-bond donors (Lipinski definition) is 1. The summed E-state index contributed by atoms with van der Waals surface area (Å²) < 4.78 is 10.5. The topological polar surface area (TPSA) is 68.1 Å². The second kappa shape index (κ2) is 4.78. The minimum Gasteiger partial charge on any atom is -0.483 e. The molecule has 6 heteroatoms. The predicted molar refractivity (Wildman–Crippen MR) is 58.1 cm³/mol. The van der Waals surface area contributed by atoms with Crippen molar-refractivity contribution in [3.05, 3.63) is 28.1 Å². The van der Waals surface area contributed by atoms with Gasteiger partial charge in [0.05, 0.1) is 13.2 Å². The molecule has 1 heterocycles. The first-order valence-corrected chi connectivity index (χ1v) is 5.14. The van der Waals surface area contributed by atoms with E-state index in [2.05, 4.69) is 5.18 Å². The number of halogens is 1. The monoisotopic (exact) mass is 243 g/mol. The van der Waals surface area contributed by atoms with Gasteiger partial charge in [-0.25, -0.2) is 0 Å². The van der Waals surface area contributed by atoms with E-state index in [0.29, 0.717) is 5.02 Å². The van der Waals surface area contributed by atoms with E-state index < -0.39 is 12.2 Å². The van der Waals surface area contributed by atoms with Crippen LogP contribution >= 0.6 is 11.6 Å². The van der Waals surface area contributed by atoms with Gasteiger partial charge in [-0.15, -0.1) is 4.91 Å². The molecule has 5 nitrogen and oxygen atoms in total. The van der Waals surface area contributed by atoms with Crippen molar-refractivity contribution in [2.45, 2.75) is 12.2 Å². The molecular weight excluding hydrogens is 234 g/mol. The van der Waals surface area contributed by atoms with Gasteiger partial charge in [0, 0.05) is 11.1 Å². The van der Waals surface area contributed by atoms with Gasteiger partial charge >= 0.3 is 0 Å². The molecule has 0 radical (unpaired) electrons. The Hall–Kier alpha value is -1.17. The van der Waals surface area contributed by atoms with Crippen LogP contribution in [0.1, 0.15) is 0 Å². The number of ether oxygens (including phenoxy) is 2. The molecule has 0 amide bonds.